The first-order chi connectivity index (χ1) is 8.27. The number of hydrogen-bond acceptors (Lipinski definition) is 3. The summed E-state index contributed by atoms with van der Waals surface area (Å²) >= 11 is 6.17. The quantitative estimate of drug-likeness (QED) is 0.814. The molecule has 0 unspecified atom stereocenters. The predicted molar refractivity (Wildman–Crippen MR) is 69.5 cm³/mol. The van der Waals surface area contributed by atoms with E-state index in [0.717, 1.165) is 37.3 Å². The van der Waals surface area contributed by atoms with Gasteiger partial charge >= 0.3 is 0 Å². The minimum absolute atomic E-state index is 0.470. The number of piperidine rings is 1. The maximum atomic E-state index is 6.17. The average Bonchev–Trinajstić information content (AvgIpc) is 2.69. The Balaban J connectivity index is 2.13. The Morgan fingerprint density at radius 2 is 2.18 bits per heavy atom. The van der Waals surface area contributed by atoms with Gasteiger partial charge in [0.25, 0.3) is 0 Å². The lowest BCUT2D eigenvalue weighted by Crippen LogP contribution is -2.27. The third-order valence-corrected chi connectivity index (χ3v) is 3.65. The fourth-order valence-electron chi connectivity index (χ4n) is 2.51. The number of rotatable bonds is 1. The van der Waals surface area contributed by atoms with E-state index in [1.54, 1.807) is 0 Å². The molecule has 1 saturated heterocycles. The first kappa shape index (κ1) is 10.9. The molecule has 17 heavy (non-hydrogen) atoms. The van der Waals surface area contributed by atoms with Gasteiger partial charge in [0, 0.05) is 12.1 Å². The standard InChI is InChI=1S/C12H15ClN4/c13-11-10-9(14)2-1-7-17(10)12(16-11)8-3-5-15-6-4-8/h1-2,7-8,15H,3-6,14H2. The second kappa shape index (κ2) is 4.20. The molecular formula is C12H15ClN4. The van der Waals surface area contributed by atoms with E-state index < -0.39 is 0 Å². The van der Waals surface area contributed by atoms with Crippen molar-refractivity contribution in [2.75, 3.05) is 18.8 Å². The van der Waals surface area contributed by atoms with E-state index in [1.807, 2.05) is 22.7 Å². The molecule has 1 fully saturated rings. The van der Waals surface area contributed by atoms with Gasteiger partial charge in [-0.25, -0.2) is 4.98 Å². The van der Waals surface area contributed by atoms with Gasteiger partial charge in [0.15, 0.2) is 5.15 Å². The van der Waals surface area contributed by atoms with Gasteiger partial charge < -0.3 is 15.5 Å². The maximum Gasteiger partial charge on any atom is 0.157 e. The van der Waals surface area contributed by atoms with Crippen molar-refractivity contribution in [2.45, 2.75) is 18.8 Å². The minimum atomic E-state index is 0.470. The first-order valence-corrected chi connectivity index (χ1v) is 6.28. The molecule has 1 aliphatic heterocycles. The van der Waals surface area contributed by atoms with Gasteiger partial charge in [-0.15, -0.1) is 0 Å². The van der Waals surface area contributed by atoms with Crippen molar-refractivity contribution in [1.82, 2.24) is 14.7 Å². The van der Waals surface area contributed by atoms with Crippen LogP contribution in [0.5, 0.6) is 0 Å². The Morgan fingerprint density at radius 1 is 1.41 bits per heavy atom. The molecule has 3 heterocycles. The normalized spacial score (nSPS) is 17.7. The summed E-state index contributed by atoms with van der Waals surface area (Å²) in [5.41, 5.74) is 7.46. The summed E-state index contributed by atoms with van der Waals surface area (Å²) in [5, 5.41) is 3.87. The smallest absolute Gasteiger partial charge is 0.157 e. The van der Waals surface area contributed by atoms with Crippen molar-refractivity contribution >= 4 is 22.8 Å². The van der Waals surface area contributed by atoms with Gasteiger partial charge in [0.2, 0.25) is 0 Å². The van der Waals surface area contributed by atoms with Gasteiger partial charge in [-0.05, 0) is 38.1 Å². The van der Waals surface area contributed by atoms with Crippen LogP contribution in [0.15, 0.2) is 18.3 Å². The SMILES string of the molecule is Nc1cccn2c(C3CCNCC3)nc(Cl)c12. The molecular weight excluding hydrogens is 236 g/mol. The topological polar surface area (TPSA) is 55.4 Å². The Kier molecular flexibility index (Phi) is 2.68. The lowest BCUT2D eigenvalue weighted by molar-refractivity contribution is 0.444. The highest BCUT2D eigenvalue weighted by Crippen LogP contribution is 2.30. The number of hydrogen-bond donors (Lipinski definition) is 2. The summed E-state index contributed by atoms with van der Waals surface area (Å²) in [5.74, 6) is 1.51. The molecule has 90 valence electrons. The third kappa shape index (κ3) is 1.77. The van der Waals surface area contributed by atoms with E-state index in [0.29, 0.717) is 16.8 Å². The number of nitrogen functional groups attached to an aromatic ring is 1. The Hall–Kier alpha value is -1.26. The second-order valence-electron chi connectivity index (χ2n) is 4.47. The predicted octanol–water partition coefficient (Wildman–Crippen LogP) is 2.04. The number of aromatic nitrogens is 2. The van der Waals surface area contributed by atoms with E-state index in [-0.39, 0.29) is 0 Å². The fourth-order valence-corrected chi connectivity index (χ4v) is 2.80. The van der Waals surface area contributed by atoms with Crippen LogP contribution in [0.1, 0.15) is 24.6 Å². The number of anilines is 1. The molecule has 4 nitrogen and oxygen atoms in total. The van der Waals surface area contributed by atoms with Crippen LogP contribution in [0.2, 0.25) is 5.15 Å². The van der Waals surface area contributed by atoms with Gasteiger partial charge in [-0.2, -0.15) is 0 Å². The van der Waals surface area contributed by atoms with E-state index in [9.17, 15) is 0 Å². The molecule has 0 aliphatic carbocycles. The fraction of sp³-hybridized carbons (Fsp3) is 0.417. The summed E-state index contributed by atoms with van der Waals surface area (Å²) in [6.07, 6.45) is 4.19. The highest BCUT2D eigenvalue weighted by Gasteiger charge is 2.22. The van der Waals surface area contributed by atoms with Crippen LogP contribution < -0.4 is 11.1 Å². The van der Waals surface area contributed by atoms with Gasteiger partial charge in [-0.3, -0.25) is 0 Å². The van der Waals surface area contributed by atoms with Crippen LogP contribution in [0.25, 0.3) is 5.52 Å². The highest BCUT2D eigenvalue weighted by molar-refractivity contribution is 6.33. The molecule has 0 aromatic carbocycles. The first-order valence-electron chi connectivity index (χ1n) is 5.90. The molecule has 5 heteroatoms. The van der Waals surface area contributed by atoms with E-state index >= 15 is 0 Å². The van der Waals surface area contributed by atoms with Gasteiger partial charge in [0.05, 0.1) is 5.69 Å². The highest BCUT2D eigenvalue weighted by atomic mass is 35.5. The summed E-state index contributed by atoms with van der Waals surface area (Å²) in [6, 6.07) is 3.79. The molecule has 0 saturated carbocycles. The summed E-state index contributed by atoms with van der Waals surface area (Å²) in [4.78, 5) is 4.49. The second-order valence-corrected chi connectivity index (χ2v) is 4.83. The molecule has 3 N–H and O–H groups in total. The lowest BCUT2D eigenvalue weighted by Gasteiger charge is -2.21. The lowest BCUT2D eigenvalue weighted by atomic mass is 9.97. The summed E-state index contributed by atoms with van der Waals surface area (Å²) < 4.78 is 2.04. The van der Waals surface area contributed by atoms with Crippen molar-refractivity contribution < 1.29 is 0 Å². The van der Waals surface area contributed by atoms with E-state index in [2.05, 4.69) is 10.3 Å². The number of pyridine rings is 1. The molecule has 1 aliphatic rings. The van der Waals surface area contributed by atoms with Crippen molar-refractivity contribution in [2.24, 2.45) is 0 Å². The number of nitrogens with zero attached hydrogens (tertiary/aromatic N) is 2. The monoisotopic (exact) mass is 250 g/mol. The third-order valence-electron chi connectivity index (χ3n) is 3.38. The van der Waals surface area contributed by atoms with Crippen LogP contribution in [0, 0.1) is 0 Å². The Bertz CT molecular complexity index is 543. The molecule has 0 atom stereocenters. The van der Waals surface area contributed by atoms with Crippen LogP contribution in [0.3, 0.4) is 0 Å². The van der Waals surface area contributed by atoms with Crippen molar-refractivity contribution in [3.05, 3.63) is 29.3 Å². The number of halogens is 1. The largest absolute Gasteiger partial charge is 0.397 e. The summed E-state index contributed by atoms with van der Waals surface area (Å²) in [7, 11) is 0. The zero-order valence-corrected chi connectivity index (χ0v) is 10.2. The minimum Gasteiger partial charge on any atom is -0.397 e. The summed E-state index contributed by atoms with van der Waals surface area (Å²) in [6.45, 7) is 2.08. The Labute approximate surface area is 105 Å². The van der Waals surface area contributed by atoms with E-state index in [4.69, 9.17) is 17.3 Å². The number of imidazole rings is 1. The molecule has 3 rings (SSSR count). The maximum absolute atomic E-state index is 6.17. The van der Waals surface area contributed by atoms with Crippen LogP contribution in [-0.4, -0.2) is 22.5 Å². The molecule has 2 aromatic heterocycles. The number of fused-ring (bicyclic) bond motifs is 1. The van der Waals surface area contributed by atoms with E-state index in [1.165, 1.54) is 0 Å². The molecule has 0 amide bonds. The number of nitrogens with one attached hydrogen (secondary N) is 1. The molecule has 0 bridgehead atoms. The van der Waals surface area contributed by atoms with Crippen LogP contribution >= 0.6 is 11.6 Å². The van der Waals surface area contributed by atoms with Gasteiger partial charge in [-0.1, -0.05) is 11.6 Å². The Morgan fingerprint density at radius 3 is 2.94 bits per heavy atom. The molecule has 0 radical (unpaired) electrons. The van der Waals surface area contributed by atoms with Crippen molar-refractivity contribution in [1.29, 1.82) is 0 Å². The molecule has 0 spiro atoms. The molecule has 2 aromatic rings. The number of nitrogens with two attached hydrogens (primary N) is 1. The van der Waals surface area contributed by atoms with Crippen LogP contribution in [0.4, 0.5) is 5.69 Å². The van der Waals surface area contributed by atoms with Crippen LogP contribution in [-0.2, 0) is 0 Å². The average molecular weight is 251 g/mol. The van der Waals surface area contributed by atoms with Crippen molar-refractivity contribution in [3.8, 4) is 0 Å². The van der Waals surface area contributed by atoms with Crippen molar-refractivity contribution in [3.63, 3.8) is 0 Å². The zero-order valence-electron chi connectivity index (χ0n) is 9.49. The zero-order chi connectivity index (χ0) is 11.8. The van der Waals surface area contributed by atoms with Gasteiger partial charge in [0.1, 0.15) is 11.3 Å².